The van der Waals surface area contributed by atoms with E-state index < -0.39 is 5.82 Å². The van der Waals surface area contributed by atoms with Crippen LogP contribution in [0.4, 0.5) is 4.39 Å². The first kappa shape index (κ1) is 17.7. The maximum absolute atomic E-state index is 13.3. The summed E-state index contributed by atoms with van der Waals surface area (Å²) in [5.74, 6) is 0.432. The predicted molar refractivity (Wildman–Crippen MR) is 82.4 cm³/mol. The first-order valence-electron chi connectivity index (χ1n) is 7.00. The van der Waals surface area contributed by atoms with Gasteiger partial charge in [0.2, 0.25) is 5.91 Å². The van der Waals surface area contributed by atoms with Crippen LogP contribution in [0.5, 0.6) is 5.75 Å². The van der Waals surface area contributed by atoms with Gasteiger partial charge in [-0.15, -0.1) is 12.4 Å². The van der Waals surface area contributed by atoms with E-state index in [9.17, 15) is 9.18 Å². The number of para-hydroxylation sites is 1. The molecule has 2 rings (SSSR count). The summed E-state index contributed by atoms with van der Waals surface area (Å²) in [6, 6.07) is 6.24. The molecule has 1 aromatic carbocycles. The summed E-state index contributed by atoms with van der Waals surface area (Å²) in [4.78, 5) is 13.9. The van der Waals surface area contributed by atoms with Crippen LogP contribution in [0.25, 0.3) is 0 Å². The van der Waals surface area contributed by atoms with Crippen molar-refractivity contribution in [3.63, 3.8) is 0 Å². The monoisotopic (exact) mass is 316 g/mol. The number of amides is 1. The van der Waals surface area contributed by atoms with Crippen molar-refractivity contribution in [2.24, 2.45) is 5.92 Å². The van der Waals surface area contributed by atoms with E-state index in [-0.39, 0.29) is 30.7 Å². The minimum atomic E-state index is -0.393. The molecule has 1 atom stereocenters. The first-order valence-corrected chi connectivity index (χ1v) is 7.00. The number of hydrogen-bond acceptors (Lipinski definition) is 3. The first-order chi connectivity index (χ1) is 9.70. The van der Waals surface area contributed by atoms with E-state index in [1.807, 2.05) is 11.9 Å². The Kier molecular flexibility index (Phi) is 7.47. The maximum atomic E-state index is 13.3. The second-order valence-electron chi connectivity index (χ2n) is 5.08. The minimum absolute atomic E-state index is 0. The van der Waals surface area contributed by atoms with Gasteiger partial charge in [0.25, 0.3) is 0 Å². The molecule has 0 radical (unpaired) electrons. The zero-order valence-corrected chi connectivity index (χ0v) is 13.0. The summed E-state index contributed by atoms with van der Waals surface area (Å²) in [6.07, 6.45) is 1.33. The normalized spacial score (nSPS) is 17.4. The van der Waals surface area contributed by atoms with Crippen LogP contribution in [0.3, 0.4) is 0 Å². The van der Waals surface area contributed by atoms with E-state index in [1.165, 1.54) is 6.07 Å². The molecule has 0 saturated carbocycles. The SMILES string of the molecule is CNCC1CCN(C(=O)CCOc2ccccc2F)C1.Cl. The van der Waals surface area contributed by atoms with Crippen molar-refractivity contribution in [2.45, 2.75) is 12.8 Å². The Morgan fingerprint density at radius 3 is 2.95 bits per heavy atom. The van der Waals surface area contributed by atoms with Crippen LogP contribution < -0.4 is 10.1 Å². The molecule has 1 heterocycles. The van der Waals surface area contributed by atoms with Crippen molar-refractivity contribution in [3.05, 3.63) is 30.1 Å². The Morgan fingerprint density at radius 2 is 2.24 bits per heavy atom. The molecule has 21 heavy (non-hydrogen) atoms. The lowest BCUT2D eigenvalue weighted by atomic mass is 10.1. The lowest BCUT2D eigenvalue weighted by Gasteiger charge is -2.16. The van der Waals surface area contributed by atoms with Crippen molar-refractivity contribution < 1.29 is 13.9 Å². The molecule has 1 fully saturated rings. The molecule has 0 spiro atoms. The number of nitrogens with zero attached hydrogens (tertiary/aromatic N) is 1. The number of halogens is 2. The fourth-order valence-corrected chi connectivity index (χ4v) is 2.48. The Labute approximate surface area is 131 Å². The number of likely N-dealkylation sites (tertiary alicyclic amines) is 1. The van der Waals surface area contributed by atoms with Gasteiger partial charge in [-0.2, -0.15) is 0 Å². The van der Waals surface area contributed by atoms with Crippen LogP contribution >= 0.6 is 12.4 Å². The molecule has 1 saturated heterocycles. The minimum Gasteiger partial charge on any atom is -0.490 e. The van der Waals surface area contributed by atoms with Gasteiger partial charge in [-0.3, -0.25) is 4.79 Å². The largest absolute Gasteiger partial charge is 0.490 e. The number of rotatable bonds is 6. The lowest BCUT2D eigenvalue weighted by molar-refractivity contribution is -0.130. The second kappa shape index (κ2) is 8.85. The molecule has 0 aliphatic carbocycles. The summed E-state index contributed by atoms with van der Waals surface area (Å²) in [5, 5.41) is 3.14. The van der Waals surface area contributed by atoms with Gasteiger partial charge in [0.1, 0.15) is 0 Å². The summed E-state index contributed by atoms with van der Waals surface area (Å²) in [7, 11) is 1.92. The molecule has 118 valence electrons. The Morgan fingerprint density at radius 1 is 1.48 bits per heavy atom. The number of hydrogen-bond donors (Lipinski definition) is 1. The average Bonchev–Trinajstić information content (AvgIpc) is 2.90. The van der Waals surface area contributed by atoms with Gasteiger partial charge in [0.05, 0.1) is 13.0 Å². The summed E-state index contributed by atoms with van der Waals surface area (Å²) < 4.78 is 18.6. The van der Waals surface area contributed by atoms with Crippen molar-refractivity contribution in [1.82, 2.24) is 10.2 Å². The topological polar surface area (TPSA) is 41.6 Å². The molecule has 0 bridgehead atoms. The number of ether oxygens (including phenoxy) is 1. The number of carbonyl (C=O) groups excluding carboxylic acids is 1. The molecule has 6 heteroatoms. The van der Waals surface area contributed by atoms with Gasteiger partial charge in [-0.1, -0.05) is 12.1 Å². The highest BCUT2D eigenvalue weighted by molar-refractivity contribution is 5.85. The van der Waals surface area contributed by atoms with Gasteiger partial charge < -0.3 is 15.0 Å². The van der Waals surface area contributed by atoms with Crippen molar-refractivity contribution in [1.29, 1.82) is 0 Å². The molecular weight excluding hydrogens is 295 g/mol. The quantitative estimate of drug-likeness (QED) is 0.873. The van der Waals surface area contributed by atoms with E-state index >= 15 is 0 Å². The molecule has 4 nitrogen and oxygen atoms in total. The van der Waals surface area contributed by atoms with Gasteiger partial charge in [0.15, 0.2) is 11.6 Å². The van der Waals surface area contributed by atoms with E-state index in [0.29, 0.717) is 12.3 Å². The molecule has 1 N–H and O–H groups in total. The number of carbonyl (C=O) groups is 1. The van der Waals surface area contributed by atoms with E-state index in [1.54, 1.807) is 18.2 Å². The highest BCUT2D eigenvalue weighted by Crippen LogP contribution is 2.18. The molecule has 0 aromatic heterocycles. The maximum Gasteiger partial charge on any atom is 0.226 e. The zero-order valence-electron chi connectivity index (χ0n) is 12.2. The molecular formula is C15H22ClFN2O2. The number of benzene rings is 1. The molecule has 1 aliphatic rings. The number of nitrogens with one attached hydrogen (secondary N) is 1. The third kappa shape index (κ3) is 5.17. The molecule has 1 aliphatic heterocycles. The van der Waals surface area contributed by atoms with Gasteiger partial charge in [0, 0.05) is 13.1 Å². The van der Waals surface area contributed by atoms with Crippen molar-refractivity contribution in [2.75, 3.05) is 33.3 Å². The second-order valence-corrected chi connectivity index (χ2v) is 5.08. The van der Waals surface area contributed by atoms with Gasteiger partial charge in [-0.05, 0) is 38.1 Å². The summed E-state index contributed by atoms with van der Waals surface area (Å²) in [6.45, 7) is 2.77. The van der Waals surface area contributed by atoms with Crippen molar-refractivity contribution >= 4 is 18.3 Å². The molecule has 1 amide bonds. The van der Waals surface area contributed by atoms with E-state index in [2.05, 4.69) is 5.32 Å². The smallest absolute Gasteiger partial charge is 0.226 e. The summed E-state index contributed by atoms with van der Waals surface area (Å²) in [5.41, 5.74) is 0. The van der Waals surface area contributed by atoms with E-state index in [0.717, 1.165) is 26.1 Å². The highest BCUT2D eigenvalue weighted by Gasteiger charge is 2.25. The highest BCUT2D eigenvalue weighted by atomic mass is 35.5. The fraction of sp³-hybridized carbons (Fsp3) is 0.533. The van der Waals surface area contributed by atoms with Gasteiger partial charge in [-0.25, -0.2) is 4.39 Å². The Balaban J connectivity index is 0.00000220. The van der Waals surface area contributed by atoms with Gasteiger partial charge >= 0.3 is 0 Å². The van der Waals surface area contributed by atoms with Crippen LogP contribution in [0.15, 0.2) is 24.3 Å². The fourth-order valence-electron chi connectivity index (χ4n) is 2.48. The zero-order chi connectivity index (χ0) is 14.4. The third-order valence-corrected chi connectivity index (χ3v) is 3.54. The predicted octanol–water partition coefficient (Wildman–Crippen LogP) is 2.08. The van der Waals surface area contributed by atoms with Crippen LogP contribution in [-0.4, -0.2) is 44.1 Å². The van der Waals surface area contributed by atoms with Crippen LogP contribution in [0.1, 0.15) is 12.8 Å². The summed E-state index contributed by atoms with van der Waals surface area (Å²) >= 11 is 0. The molecule has 1 unspecified atom stereocenters. The van der Waals surface area contributed by atoms with Crippen LogP contribution in [0.2, 0.25) is 0 Å². The average molecular weight is 317 g/mol. The van der Waals surface area contributed by atoms with Crippen LogP contribution in [0, 0.1) is 11.7 Å². The third-order valence-electron chi connectivity index (χ3n) is 3.54. The standard InChI is InChI=1S/C15H21FN2O2.ClH/c1-17-10-12-6-8-18(11-12)15(19)7-9-20-14-5-3-2-4-13(14)16;/h2-5,12,17H,6-11H2,1H3;1H. The lowest BCUT2D eigenvalue weighted by Crippen LogP contribution is -2.31. The van der Waals surface area contributed by atoms with Crippen LogP contribution in [-0.2, 0) is 4.79 Å². The Hall–Kier alpha value is -1.33. The Bertz CT molecular complexity index is 459. The van der Waals surface area contributed by atoms with Crippen molar-refractivity contribution in [3.8, 4) is 5.75 Å². The van der Waals surface area contributed by atoms with E-state index in [4.69, 9.17) is 4.74 Å². The molecule has 1 aromatic rings.